The van der Waals surface area contributed by atoms with Crippen molar-refractivity contribution in [2.75, 3.05) is 55.5 Å². The summed E-state index contributed by atoms with van der Waals surface area (Å²) in [5.41, 5.74) is 2.21. The molecule has 1 fully saturated rings. The van der Waals surface area contributed by atoms with Crippen molar-refractivity contribution in [2.45, 2.75) is 52.0 Å². The number of nitrogens with zero attached hydrogens (tertiary/aromatic N) is 5. The second-order valence-corrected chi connectivity index (χ2v) is 12.4. The van der Waals surface area contributed by atoms with E-state index in [9.17, 15) is 8.78 Å². The number of fused-ring (bicyclic) bond motifs is 1. The summed E-state index contributed by atoms with van der Waals surface area (Å²) in [7, 11) is 4.00. The summed E-state index contributed by atoms with van der Waals surface area (Å²) >= 11 is 0. The molecule has 212 valence electrons. The number of halogens is 3. The van der Waals surface area contributed by atoms with Crippen LogP contribution in [0.5, 0.6) is 0 Å². The van der Waals surface area contributed by atoms with Gasteiger partial charge >= 0.3 is 0 Å². The van der Waals surface area contributed by atoms with E-state index >= 15 is 4.39 Å². The van der Waals surface area contributed by atoms with E-state index in [1.807, 2.05) is 19.0 Å². The number of aromatic nitrogens is 3. The van der Waals surface area contributed by atoms with Crippen LogP contribution < -0.4 is 10.2 Å². The fourth-order valence-electron chi connectivity index (χ4n) is 4.88. The van der Waals surface area contributed by atoms with Crippen LogP contribution in [0.15, 0.2) is 24.3 Å². The van der Waals surface area contributed by atoms with E-state index in [4.69, 9.17) is 4.98 Å². The van der Waals surface area contributed by atoms with Crippen molar-refractivity contribution in [3.05, 3.63) is 52.7 Å². The number of alkyl halides is 2. The molecule has 1 N–H and O–H groups in total. The zero-order chi connectivity index (χ0) is 28.2. The predicted octanol–water partition coefficient (Wildman–Crippen LogP) is 5.99. The van der Waals surface area contributed by atoms with E-state index in [-0.39, 0.29) is 29.0 Å². The van der Waals surface area contributed by atoms with Gasteiger partial charge in [-0.2, -0.15) is 10.5 Å². The number of nitrogens with one attached hydrogen (secondary N) is 1. The van der Waals surface area contributed by atoms with Gasteiger partial charge < -0.3 is 15.1 Å². The van der Waals surface area contributed by atoms with E-state index in [0.717, 1.165) is 54.3 Å². The lowest BCUT2D eigenvalue weighted by atomic mass is 9.99. The third-order valence-corrected chi connectivity index (χ3v) is 8.62. The standard InChI is InChI=1S/C29H39F3N6S/c1-6-24-25(38-14-16-39(5)17-15-38)18-22-27(34-20(2)35-28(22)36-24)33-19-21-10-9-11-23(26(21)30)29(31,32)12-7-8-13-37(3)4/h9-11,18H,5-8,12-17,19H2,1-4H3,(H,33,34,35,36). The summed E-state index contributed by atoms with van der Waals surface area (Å²) in [5, 5.41) is 3.93. The average Bonchev–Trinajstić information content (AvgIpc) is 2.90. The molecule has 3 aromatic rings. The number of pyridine rings is 1. The van der Waals surface area contributed by atoms with Crippen molar-refractivity contribution in [2.24, 2.45) is 0 Å². The fourth-order valence-corrected chi connectivity index (χ4v) is 6.04. The van der Waals surface area contributed by atoms with Crippen LogP contribution in [0, 0.1) is 12.7 Å². The Morgan fingerprint density at radius 1 is 1.13 bits per heavy atom. The highest BCUT2D eigenvalue weighted by Crippen LogP contribution is 2.36. The van der Waals surface area contributed by atoms with E-state index in [1.54, 1.807) is 6.92 Å². The second-order valence-electron chi connectivity index (χ2n) is 10.4. The van der Waals surface area contributed by atoms with Crippen LogP contribution in [0.1, 0.15) is 48.8 Å². The van der Waals surface area contributed by atoms with Crippen LogP contribution in [0.3, 0.4) is 0 Å². The second kappa shape index (κ2) is 12.6. The van der Waals surface area contributed by atoms with Crippen molar-refractivity contribution in [1.29, 1.82) is 0 Å². The molecule has 2 aromatic heterocycles. The normalized spacial score (nSPS) is 14.9. The highest BCUT2D eigenvalue weighted by molar-refractivity contribution is 8.14. The Balaban J connectivity index is 1.58. The largest absolute Gasteiger partial charge is 0.368 e. The molecule has 0 aliphatic carbocycles. The number of unbranched alkanes of at least 4 members (excludes halogenated alkanes) is 1. The number of hydrogen-bond acceptors (Lipinski definition) is 6. The molecule has 0 saturated carbocycles. The Kier molecular flexibility index (Phi) is 9.48. The van der Waals surface area contributed by atoms with Gasteiger partial charge in [-0.3, -0.25) is 0 Å². The molecule has 39 heavy (non-hydrogen) atoms. The van der Waals surface area contributed by atoms with Crippen molar-refractivity contribution < 1.29 is 13.2 Å². The van der Waals surface area contributed by atoms with Gasteiger partial charge in [0.1, 0.15) is 17.5 Å². The van der Waals surface area contributed by atoms with Gasteiger partial charge in [-0.25, -0.2) is 28.1 Å². The molecule has 6 nitrogen and oxygen atoms in total. The smallest absolute Gasteiger partial charge is 0.276 e. The lowest BCUT2D eigenvalue weighted by Gasteiger charge is -2.32. The average molecular weight is 561 g/mol. The van der Waals surface area contributed by atoms with Crippen LogP contribution in [-0.2, 0) is 18.9 Å². The van der Waals surface area contributed by atoms with Crippen LogP contribution in [0.2, 0.25) is 0 Å². The maximum absolute atomic E-state index is 15.4. The van der Waals surface area contributed by atoms with Gasteiger partial charge in [-0.05, 0) is 52.9 Å². The number of rotatable bonds is 11. The Labute approximate surface area is 232 Å². The number of hydrogen-bond donors (Lipinski definition) is 1. The lowest BCUT2D eigenvalue weighted by Crippen LogP contribution is -2.34. The molecule has 1 aliphatic heterocycles. The Bertz CT molecular complexity index is 1320. The summed E-state index contributed by atoms with van der Waals surface area (Å²) in [5.74, 6) is 3.26. The molecule has 0 amide bonds. The molecule has 0 spiro atoms. The quantitative estimate of drug-likeness (QED) is 0.230. The van der Waals surface area contributed by atoms with Gasteiger partial charge in [-0.15, -0.1) is 0 Å². The van der Waals surface area contributed by atoms with Crippen molar-refractivity contribution in [3.8, 4) is 0 Å². The zero-order valence-corrected chi connectivity index (χ0v) is 24.2. The van der Waals surface area contributed by atoms with Gasteiger partial charge in [0.15, 0.2) is 5.65 Å². The molecule has 10 heteroatoms. The summed E-state index contributed by atoms with van der Waals surface area (Å²) in [6.45, 7) is 6.44. The van der Waals surface area contributed by atoms with Gasteiger partial charge in [0.05, 0.1) is 22.3 Å². The van der Waals surface area contributed by atoms with E-state index < -0.39 is 17.3 Å². The first kappa shape index (κ1) is 29.3. The summed E-state index contributed by atoms with van der Waals surface area (Å²) in [6.07, 6.45) is 1.34. The first-order valence-electron chi connectivity index (χ1n) is 13.5. The number of anilines is 2. The first-order valence-corrected chi connectivity index (χ1v) is 15.3. The molecular weight excluding hydrogens is 521 g/mol. The molecule has 1 aromatic carbocycles. The minimum Gasteiger partial charge on any atom is -0.368 e. The predicted molar refractivity (Wildman–Crippen MR) is 158 cm³/mol. The maximum Gasteiger partial charge on any atom is 0.276 e. The lowest BCUT2D eigenvalue weighted by molar-refractivity contribution is -0.0194. The van der Waals surface area contributed by atoms with Gasteiger partial charge in [-0.1, -0.05) is 31.0 Å². The monoisotopic (exact) mass is 560 g/mol. The summed E-state index contributed by atoms with van der Waals surface area (Å²) in [6, 6.07) is 6.27. The molecule has 0 atom stereocenters. The third-order valence-electron chi connectivity index (χ3n) is 7.10. The first-order chi connectivity index (χ1) is 18.6. The maximum atomic E-state index is 15.4. The van der Waals surface area contributed by atoms with Crippen molar-refractivity contribution >= 4 is 38.9 Å². The van der Waals surface area contributed by atoms with E-state index in [2.05, 4.69) is 39.0 Å². The van der Waals surface area contributed by atoms with Crippen molar-refractivity contribution in [3.63, 3.8) is 0 Å². The number of aryl methyl sites for hydroxylation is 2. The minimum atomic E-state index is -3.23. The minimum absolute atomic E-state index is 0.0147. The highest BCUT2D eigenvalue weighted by Gasteiger charge is 2.34. The molecular formula is C29H39F3N6S. The van der Waals surface area contributed by atoms with Gasteiger partial charge in [0, 0.05) is 43.1 Å². The molecule has 1 aliphatic rings. The van der Waals surface area contributed by atoms with Crippen LogP contribution in [0.4, 0.5) is 24.7 Å². The van der Waals surface area contributed by atoms with Crippen LogP contribution in [-0.4, -0.2) is 71.0 Å². The highest BCUT2D eigenvalue weighted by atomic mass is 32.2. The third kappa shape index (κ3) is 7.08. The molecule has 0 radical (unpaired) electrons. The van der Waals surface area contributed by atoms with E-state index in [1.165, 1.54) is 18.2 Å². The van der Waals surface area contributed by atoms with Crippen molar-refractivity contribution in [1.82, 2.24) is 19.9 Å². The Morgan fingerprint density at radius 2 is 1.87 bits per heavy atom. The molecule has 0 bridgehead atoms. The van der Waals surface area contributed by atoms with Crippen LogP contribution in [0.25, 0.3) is 11.0 Å². The molecule has 0 unspecified atom stereocenters. The Morgan fingerprint density at radius 3 is 2.56 bits per heavy atom. The van der Waals surface area contributed by atoms with Gasteiger partial charge in [0.2, 0.25) is 0 Å². The Hall–Kier alpha value is -2.72. The molecule has 1 saturated heterocycles. The SMILES string of the molecule is C=S1CCN(c2cc3c(NCc4cccc(C(F)(F)CCCCN(C)C)c4F)nc(C)nc3nc2CC)CC1. The molecule has 4 rings (SSSR count). The zero-order valence-electron chi connectivity index (χ0n) is 23.4. The summed E-state index contributed by atoms with van der Waals surface area (Å²) < 4.78 is 45.3. The topological polar surface area (TPSA) is 57.2 Å². The number of benzene rings is 1. The fraction of sp³-hybridized carbons (Fsp3) is 0.517. The van der Waals surface area contributed by atoms with E-state index in [0.29, 0.717) is 30.1 Å². The molecule has 3 heterocycles. The van der Waals surface area contributed by atoms with Gasteiger partial charge in [0.25, 0.3) is 5.92 Å². The summed E-state index contributed by atoms with van der Waals surface area (Å²) in [4.78, 5) is 18.3. The van der Waals surface area contributed by atoms with Crippen LogP contribution >= 0.6 is 10.5 Å².